The third kappa shape index (κ3) is 8.22. The Bertz CT molecular complexity index is 552. The Kier molecular flexibility index (Phi) is 7.92. The van der Waals surface area contributed by atoms with Gasteiger partial charge < -0.3 is 25.2 Å². The van der Waals surface area contributed by atoms with Crippen LogP contribution in [-0.4, -0.2) is 79.7 Å². The van der Waals surface area contributed by atoms with Crippen LogP contribution in [0.2, 0.25) is 0 Å². The second kappa shape index (κ2) is 9.45. The summed E-state index contributed by atoms with van der Waals surface area (Å²) in [5.74, 6) is 0.461. The molecule has 0 radical (unpaired) electrons. The lowest BCUT2D eigenvalue weighted by atomic mass is 10.2. The number of nitrogens with one attached hydrogen (secondary N) is 2. The van der Waals surface area contributed by atoms with Gasteiger partial charge in [0.15, 0.2) is 5.96 Å². The van der Waals surface area contributed by atoms with Crippen LogP contribution in [-0.2, 0) is 9.53 Å². The first-order valence-corrected chi connectivity index (χ1v) is 8.85. The minimum atomic E-state index is -0.509. The summed E-state index contributed by atoms with van der Waals surface area (Å²) in [5, 5.41) is 6.45. The van der Waals surface area contributed by atoms with E-state index in [0.29, 0.717) is 25.6 Å². The van der Waals surface area contributed by atoms with Gasteiger partial charge in [-0.15, -0.1) is 0 Å². The summed E-state index contributed by atoms with van der Waals surface area (Å²) < 4.78 is 5.41. The lowest BCUT2D eigenvalue weighted by Crippen LogP contribution is -2.46. The quantitative estimate of drug-likeness (QED) is 0.433. The first-order valence-electron chi connectivity index (χ1n) is 8.85. The maximum Gasteiger partial charge on any atom is 0.410 e. The Balaban J connectivity index is 2.64. The summed E-state index contributed by atoms with van der Waals surface area (Å²) in [6, 6.07) is 0.0494. The number of likely N-dealkylation sites (tertiary alicyclic amines) is 1. The molecule has 0 spiro atoms. The molecule has 0 bridgehead atoms. The van der Waals surface area contributed by atoms with Gasteiger partial charge in [-0.3, -0.25) is 4.79 Å². The lowest BCUT2D eigenvalue weighted by Gasteiger charge is -2.24. The highest BCUT2D eigenvalue weighted by atomic mass is 16.6. The van der Waals surface area contributed by atoms with Crippen molar-refractivity contribution in [1.82, 2.24) is 20.4 Å². The smallest absolute Gasteiger partial charge is 0.410 e. The summed E-state index contributed by atoms with van der Waals surface area (Å²) >= 11 is 0. The fourth-order valence-corrected chi connectivity index (χ4v) is 2.24. The molecule has 2 amide bonds. The van der Waals surface area contributed by atoms with Crippen LogP contribution in [0.1, 0.15) is 34.1 Å². The Hall–Kier alpha value is -2.25. The molecule has 1 atom stereocenters. The second-order valence-corrected chi connectivity index (χ2v) is 7.82. The van der Waals surface area contributed by atoms with Crippen molar-refractivity contribution in [1.29, 1.82) is 0 Å². The number of rotatable bonds is 5. The summed E-state index contributed by atoms with van der Waals surface area (Å²) in [5.41, 5.74) is 0.449. The molecule has 8 heteroatoms. The van der Waals surface area contributed by atoms with Gasteiger partial charge >= 0.3 is 6.09 Å². The van der Waals surface area contributed by atoms with Gasteiger partial charge in [0.2, 0.25) is 5.91 Å². The maximum absolute atomic E-state index is 12.2. The molecule has 1 unspecified atom stereocenters. The molecule has 0 aliphatic carbocycles. The van der Waals surface area contributed by atoms with Crippen molar-refractivity contribution in [2.45, 2.75) is 45.8 Å². The Labute approximate surface area is 156 Å². The van der Waals surface area contributed by atoms with E-state index in [0.717, 1.165) is 12.0 Å². The number of nitrogens with zero attached hydrogens (tertiary/aromatic N) is 3. The molecule has 26 heavy (non-hydrogen) atoms. The number of likely N-dealkylation sites (N-methyl/N-ethyl adjacent to an activating group) is 1. The number of carbonyl (C=O) groups excluding carboxylic acids is 2. The Morgan fingerprint density at radius 3 is 2.54 bits per heavy atom. The van der Waals surface area contributed by atoms with Gasteiger partial charge in [-0.05, 0) is 34.1 Å². The third-order valence-electron chi connectivity index (χ3n) is 3.61. The second-order valence-electron chi connectivity index (χ2n) is 7.82. The minimum Gasteiger partial charge on any atom is -0.444 e. The van der Waals surface area contributed by atoms with Gasteiger partial charge in [0.25, 0.3) is 0 Å². The third-order valence-corrected chi connectivity index (χ3v) is 3.61. The number of hydrogen-bond donors (Lipinski definition) is 2. The van der Waals surface area contributed by atoms with Crippen LogP contribution in [0.15, 0.2) is 17.1 Å². The molecule has 1 saturated heterocycles. The first kappa shape index (κ1) is 21.8. The number of amides is 2. The van der Waals surface area contributed by atoms with E-state index in [1.807, 2.05) is 27.7 Å². The van der Waals surface area contributed by atoms with Gasteiger partial charge in [0, 0.05) is 39.8 Å². The summed E-state index contributed by atoms with van der Waals surface area (Å²) in [6.45, 7) is 13.1. The monoisotopic (exact) mass is 367 g/mol. The first-order chi connectivity index (χ1) is 12.0. The predicted octanol–water partition coefficient (Wildman–Crippen LogP) is 1.20. The molecule has 0 aromatic heterocycles. The van der Waals surface area contributed by atoms with Crippen molar-refractivity contribution >= 4 is 18.0 Å². The summed E-state index contributed by atoms with van der Waals surface area (Å²) in [7, 11) is 3.39. The maximum atomic E-state index is 12.2. The number of aliphatic imine (C=N–C) groups is 1. The van der Waals surface area contributed by atoms with E-state index >= 15 is 0 Å². The molecule has 1 rings (SSSR count). The van der Waals surface area contributed by atoms with Gasteiger partial charge in [0.05, 0.1) is 0 Å². The van der Waals surface area contributed by atoms with Crippen molar-refractivity contribution in [2.75, 3.05) is 40.3 Å². The highest BCUT2D eigenvalue weighted by Crippen LogP contribution is 2.15. The molecule has 0 saturated carbocycles. The van der Waals surface area contributed by atoms with Crippen molar-refractivity contribution in [2.24, 2.45) is 4.99 Å². The van der Waals surface area contributed by atoms with Crippen LogP contribution in [0.3, 0.4) is 0 Å². The number of hydrogen-bond acceptors (Lipinski definition) is 4. The van der Waals surface area contributed by atoms with Crippen molar-refractivity contribution in [3.63, 3.8) is 0 Å². The zero-order valence-corrected chi connectivity index (χ0v) is 16.9. The van der Waals surface area contributed by atoms with Crippen LogP contribution < -0.4 is 10.6 Å². The highest BCUT2D eigenvalue weighted by Gasteiger charge is 2.30. The van der Waals surface area contributed by atoms with E-state index in [1.165, 1.54) is 4.90 Å². The molecule has 1 aliphatic rings. The zero-order valence-electron chi connectivity index (χ0n) is 16.9. The standard InChI is InChI=1S/C18H33N5O3/c1-13(2)10-19-16(20-11-15(24)22(6)7)21-14-8-9-23(12-14)17(25)26-18(3,4)5/h14H,1,8-12H2,2-7H3,(H2,19,20,21). The van der Waals surface area contributed by atoms with E-state index in [4.69, 9.17) is 4.74 Å². The van der Waals surface area contributed by atoms with Gasteiger partial charge in [0.1, 0.15) is 12.1 Å². The zero-order chi connectivity index (χ0) is 19.9. The minimum absolute atomic E-state index is 0.0494. The molecular formula is C18H33N5O3. The number of ether oxygens (including phenoxy) is 1. The Morgan fingerprint density at radius 1 is 1.35 bits per heavy atom. The van der Waals surface area contributed by atoms with Gasteiger partial charge in [-0.25, -0.2) is 9.79 Å². The topological polar surface area (TPSA) is 86.3 Å². The summed E-state index contributed by atoms with van der Waals surface area (Å²) in [6.07, 6.45) is 0.479. The normalized spacial score (nSPS) is 17.7. The summed E-state index contributed by atoms with van der Waals surface area (Å²) in [4.78, 5) is 31.5. The Morgan fingerprint density at radius 2 is 2.00 bits per heavy atom. The number of carbonyl (C=O) groups is 2. The van der Waals surface area contributed by atoms with Crippen molar-refractivity contribution < 1.29 is 14.3 Å². The van der Waals surface area contributed by atoms with E-state index in [-0.39, 0.29) is 24.6 Å². The molecule has 2 N–H and O–H groups in total. The molecule has 8 nitrogen and oxygen atoms in total. The van der Waals surface area contributed by atoms with Crippen molar-refractivity contribution in [3.8, 4) is 0 Å². The van der Waals surface area contributed by atoms with E-state index in [1.54, 1.807) is 19.0 Å². The fourth-order valence-electron chi connectivity index (χ4n) is 2.24. The van der Waals surface area contributed by atoms with Crippen LogP contribution >= 0.6 is 0 Å². The van der Waals surface area contributed by atoms with E-state index < -0.39 is 5.60 Å². The molecule has 1 aliphatic heterocycles. The average Bonchev–Trinajstić information content (AvgIpc) is 2.96. The lowest BCUT2D eigenvalue weighted by molar-refractivity contribution is -0.127. The molecule has 1 heterocycles. The van der Waals surface area contributed by atoms with Crippen LogP contribution in [0.25, 0.3) is 0 Å². The highest BCUT2D eigenvalue weighted by molar-refractivity contribution is 5.85. The molecule has 1 fully saturated rings. The van der Waals surface area contributed by atoms with Crippen LogP contribution in [0, 0.1) is 0 Å². The van der Waals surface area contributed by atoms with E-state index in [9.17, 15) is 9.59 Å². The van der Waals surface area contributed by atoms with E-state index in [2.05, 4.69) is 22.2 Å². The fraction of sp³-hybridized carbons (Fsp3) is 0.722. The van der Waals surface area contributed by atoms with Crippen molar-refractivity contribution in [3.05, 3.63) is 12.2 Å². The van der Waals surface area contributed by atoms with Crippen LogP contribution in [0.4, 0.5) is 4.79 Å². The van der Waals surface area contributed by atoms with Gasteiger partial charge in [-0.2, -0.15) is 0 Å². The van der Waals surface area contributed by atoms with Crippen LogP contribution in [0.5, 0.6) is 0 Å². The SMILES string of the molecule is C=C(C)CNC(=NCC(=O)N(C)C)NC1CCN(C(=O)OC(C)(C)C)C1. The average molecular weight is 367 g/mol. The molecular weight excluding hydrogens is 334 g/mol. The molecule has 148 valence electrons. The predicted molar refractivity (Wildman–Crippen MR) is 103 cm³/mol. The largest absolute Gasteiger partial charge is 0.444 e. The molecule has 0 aromatic carbocycles. The number of guanidine groups is 1. The van der Waals surface area contributed by atoms with Gasteiger partial charge in [-0.1, -0.05) is 12.2 Å². The molecule has 0 aromatic rings.